The summed E-state index contributed by atoms with van der Waals surface area (Å²) in [5.41, 5.74) is 8.65. The molecule has 0 atom stereocenters. The molecule has 0 aliphatic rings. The summed E-state index contributed by atoms with van der Waals surface area (Å²) in [5, 5.41) is 0. The first kappa shape index (κ1) is 16.3. The highest BCUT2D eigenvalue weighted by Gasteiger charge is 2.29. The van der Waals surface area contributed by atoms with Crippen molar-refractivity contribution >= 4 is 21.6 Å². The highest BCUT2D eigenvalue weighted by atomic mass is 32.2. The Labute approximate surface area is 115 Å². The Morgan fingerprint density at radius 1 is 1.30 bits per heavy atom. The molecule has 0 aromatic heterocycles. The van der Waals surface area contributed by atoms with Crippen molar-refractivity contribution in [3.63, 3.8) is 0 Å². The van der Waals surface area contributed by atoms with Crippen LogP contribution in [-0.2, 0) is 14.8 Å². The molecule has 5 N–H and O–H groups in total. The van der Waals surface area contributed by atoms with Crippen LogP contribution in [0.1, 0.15) is 13.8 Å². The van der Waals surface area contributed by atoms with Gasteiger partial charge in [-0.3, -0.25) is 4.79 Å². The Kier molecular flexibility index (Phi) is 4.35. The third kappa shape index (κ3) is 3.42. The van der Waals surface area contributed by atoms with Gasteiger partial charge in [-0.05, 0) is 19.9 Å². The molecule has 9 heteroatoms. The number of nitrogens with one attached hydrogen (secondary N) is 1. The van der Waals surface area contributed by atoms with Crippen LogP contribution in [0.4, 0.5) is 14.5 Å². The van der Waals surface area contributed by atoms with Crippen LogP contribution in [0.15, 0.2) is 17.0 Å². The van der Waals surface area contributed by atoms with Gasteiger partial charge in [0.1, 0.15) is 16.5 Å². The van der Waals surface area contributed by atoms with Gasteiger partial charge in [-0.1, -0.05) is 0 Å². The number of anilines is 1. The van der Waals surface area contributed by atoms with E-state index in [0.717, 1.165) is 0 Å². The van der Waals surface area contributed by atoms with Crippen molar-refractivity contribution in [2.75, 3.05) is 12.3 Å². The third-order valence-corrected chi connectivity index (χ3v) is 4.13. The molecule has 1 aromatic carbocycles. The topological polar surface area (TPSA) is 115 Å². The number of rotatable bonds is 5. The fourth-order valence-corrected chi connectivity index (χ4v) is 2.50. The highest BCUT2D eigenvalue weighted by Crippen LogP contribution is 2.21. The lowest BCUT2D eigenvalue weighted by Crippen LogP contribution is -2.42. The number of carbonyl (C=O) groups excluding carboxylic acids is 1. The molecule has 6 nitrogen and oxygen atoms in total. The molecule has 1 rings (SSSR count). The lowest BCUT2D eigenvalue weighted by molar-refractivity contribution is -0.125. The second-order valence-electron chi connectivity index (χ2n) is 4.88. The van der Waals surface area contributed by atoms with Crippen LogP contribution < -0.4 is 16.2 Å². The summed E-state index contributed by atoms with van der Waals surface area (Å²) in [5.74, 6) is -3.06. The summed E-state index contributed by atoms with van der Waals surface area (Å²) in [6.45, 7) is 2.52. The van der Waals surface area contributed by atoms with Gasteiger partial charge in [0.15, 0.2) is 0 Å². The molecule has 0 bridgehead atoms. The van der Waals surface area contributed by atoms with Crippen LogP contribution in [0.25, 0.3) is 0 Å². The SMILES string of the molecule is CC(C)(CNS(=O)(=O)c1cc(N)c(F)cc1F)C(N)=O. The van der Waals surface area contributed by atoms with Crippen LogP contribution >= 0.6 is 0 Å². The van der Waals surface area contributed by atoms with Crippen LogP contribution in [0.2, 0.25) is 0 Å². The zero-order chi connectivity index (χ0) is 15.7. The minimum absolute atomic E-state index is 0.332. The monoisotopic (exact) mass is 307 g/mol. The number of nitrogens with two attached hydrogens (primary N) is 2. The molecule has 20 heavy (non-hydrogen) atoms. The molecule has 112 valence electrons. The third-order valence-electron chi connectivity index (χ3n) is 2.71. The number of benzene rings is 1. The molecule has 0 saturated heterocycles. The summed E-state index contributed by atoms with van der Waals surface area (Å²) in [7, 11) is -4.28. The molecule has 0 aliphatic heterocycles. The Balaban J connectivity index is 3.07. The lowest BCUT2D eigenvalue weighted by atomic mass is 9.93. The number of primary amides is 1. The minimum atomic E-state index is -4.28. The fraction of sp³-hybridized carbons (Fsp3) is 0.364. The number of nitrogen functional groups attached to an aromatic ring is 1. The van der Waals surface area contributed by atoms with E-state index in [4.69, 9.17) is 11.5 Å². The van der Waals surface area contributed by atoms with Gasteiger partial charge in [-0.2, -0.15) is 0 Å². The van der Waals surface area contributed by atoms with Gasteiger partial charge in [-0.15, -0.1) is 0 Å². The van der Waals surface area contributed by atoms with Gasteiger partial charge in [0.25, 0.3) is 0 Å². The Morgan fingerprint density at radius 3 is 2.35 bits per heavy atom. The average Bonchev–Trinajstić information content (AvgIpc) is 2.31. The van der Waals surface area contributed by atoms with Crippen molar-refractivity contribution in [1.82, 2.24) is 4.72 Å². The number of hydrogen-bond acceptors (Lipinski definition) is 4. The zero-order valence-corrected chi connectivity index (χ0v) is 11.7. The minimum Gasteiger partial charge on any atom is -0.396 e. The fourth-order valence-electron chi connectivity index (χ4n) is 1.19. The Bertz CT molecular complexity index is 645. The van der Waals surface area contributed by atoms with Crippen molar-refractivity contribution in [1.29, 1.82) is 0 Å². The van der Waals surface area contributed by atoms with Crippen LogP contribution in [0.5, 0.6) is 0 Å². The quantitative estimate of drug-likeness (QED) is 0.680. The molecule has 0 heterocycles. The van der Waals surface area contributed by atoms with E-state index < -0.39 is 43.6 Å². The van der Waals surface area contributed by atoms with Crippen LogP contribution in [0, 0.1) is 17.0 Å². The van der Waals surface area contributed by atoms with Gasteiger partial charge < -0.3 is 11.5 Å². The summed E-state index contributed by atoms with van der Waals surface area (Å²) in [4.78, 5) is 10.3. The first-order valence-corrected chi connectivity index (χ1v) is 7.00. The van der Waals surface area contributed by atoms with Gasteiger partial charge in [0, 0.05) is 12.6 Å². The molecule has 0 aliphatic carbocycles. The van der Waals surface area contributed by atoms with Crippen LogP contribution in [0.3, 0.4) is 0 Å². The first-order valence-electron chi connectivity index (χ1n) is 5.51. The van der Waals surface area contributed by atoms with E-state index in [2.05, 4.69) is 0 Å². The van der Waals surface area contributed by atoms with E-state index in [9.17, 15) is 22.0 Å². The van der Waals surface area contributed by atoms with E-state index >= 15 is 0 Å². The molecular formula is C11H15F2N3O3S. The van der Waals surface area contributed by atoms with Gasteiger partial charge in [0.2, 0.25) is 15.9 Å². The molecule has 0 saturated carbocycles. The molecule has 1 amide bonds. The molecule has 0 unspecified atom stereocenters. The average molecular weight is 307 g/mol. The number of carbonyl (C=O) groups is 1. The predicted molar refractivity (Wildman–Crippen MR) is 68.9 cm³/mol. The summed E-state index contributed by atoms with van der Waals surface area (Å²) < 4.78 is 52.3. The normalized spacial score (nSPS) is 12.4. The number of sulfonamides is 1. The van der Waals surface area contributed by atoms with Crippen molar-refractivity contribution in [3.8, 4) is 0 Å². The van der Waals surface area contributed by atoms with E-state index in [1.54, 1.807) is 0 Å². The molecule has 0 radical (unpaired) electrons. The second kappa shape index (κ2) is 5.33. The summed E-state index contributed by atoms with van der Waals surface area (Å²) >= 11 is 0. The van der Waals surface area contributed by atoms with Gasteiger partial charge in [0.05, 0.1) is 11.1 Å². The Hall–Kier alpha value is -1.74. The summed E-state index contributed by atoms with van der Waals surface area (Å²) in [6, 6.07) is 1.05. The number of amides is 1. The largest absolute Gasteiger partial charge is 0.396 e. The van der Waals surface area contributed by atoms with E-state index in [-0.39, 0.29) is 6.54 Å². The van der Waals surface area contributed by atoms with Crippen molar-refractivity contribution < 1.29 is 22.0 Å². The van der Waals surface area contributed by atoms with Crippen molar-refractivity contribution in [2.45, 2.75) is 18.7 Å². The van der Waals surface area contributed by atoms with Crippen molar-refractivity contribution in [2.24, 2.45) is 11.1 Å². The standard InChI is InChI=1S/C11H15F2N3O3S/c1-11(2,10(15)17)5-16-20(18,19)9-4-8(14)6(12)3-7(9)13/h3-4,16H,5,14H2,1-2H3,(H2,15,17). The Morgan fingerprint density at radius 2 is 1.85 bits per heavy atom. The second-order valence-corrected chi connectivity index (χ2v) is 6.61. The lowest BCUT2D eigenvalue weighted by Gasteiger charge is -2.20. The van der Waals surface area contributed by atoms with Gasteiger partial charge >= 0.3 is 0 Å². The molecular weight excluding hydrogens is 292 g/mol. The number of hydrogen-bond donors (Lipinski definition) is 3. The van der Waals surface area contributed by atoms with Crippen molar-refractivity contribution in [3.05, 3.63) is 23.8 Å². The maximum atomic E-state index is 13.5. The maximum absolute atomic E-state index is 13.5. The van der Waals surface area contributed by atoms with E-state index in [1.807, 2.05) is 4.72 Å². The molecule has 0 spiro atoms. The summed E-state index contributed by atoms with van der Waals surface area (Å²) in [6.07, 6.45) is 0. The number of halogens is 2. The predicted octanol–water partition coefficient (Wildman–Crippen LogP) is 0.337. The maximum Gasteiger partial charge on any atom is 0.243 e. The molecule has 1 aromatic rings. The smallest absolute Gasteiger partial charge is 0.243 e. The van der Waals surface area contributed by atoms with Crippen LogP contribution in [-0.4, -0.2) is 20.9 Å². The first-order chi connectivity index (χ1) is 8.97. The zero-order valence-electron chi connectivity index (χ0n) is 10.9. The molecule has 0 fully saturated rings. The van der Waals surface area contributed by atoms with Gasteiger partial charge in [-0.25, -0.2) is 21.9 Å². The highest BCUT2D eigenvalue weighted by molar-refractivity contribution is 7.89. The van der Waals surface area contributed by atoms with E-state index in [1.165, 1.54) is 13.8 Å². The van der Waals surface area contributed by atoms with E-state index in [0.29, 0.717) is 12.1 Å².